The molecule has 1 N–H and O–H groups in total. The molecule has 1 saturated heterocycles. The summed E-state index contributed by atoms with van der Waals surface area (Å²) in [6, 6.07) is 10.7. The van der Waals surface area contributed by atoms with E-state index in [-0.39, 0.29) is 11.7 Å². The molecule has 3 rings (SSSR count). The van der Waals surface area contributed by atoms with Crippen LogP contribution in [0, 0.1) is 3.57 Å². The van der Waals surface area contributed by atoms with Crippen LogP contribution in [0.25, 0.3) is 6.08 Å². The zero-order valence-corrected chi connectivity index (χ0v) is 18.4. The number of phenols is 1. The lowest BCUT2D eigenvalue weighted by molar-refractivity contribution is -0.113. The smallest absolute Gasteiger partial charge is 0.270 e. The fourth-order valence-electron chi connectivity index (χ4n) is 2.53. The highest BCUT2D eigenvalue weighted by Crippen LogP contribution is 2.38. The predicted molar refractivity (Wildman–Crippen MR) is 121 cm³/mol. The molecule has 2 aromatic rings. The summed E-state index contributed by atoms with van der Waals surface area (Å²) in [4.78, 5) is 14.9. The Morgan fingerprint density at radius 3 is 2.63 bits per heavy atom. The Morgan fingerprint density at radius 1 is 1.30 bits per heavy atom. The summed E-state index contributed by atoms with van der Waals surface area (Å²) in [7, 11) is 1.49. The quantitative estimate of drug-likeness (QED) is 0.352. The third-order valence-corrected chi connectivity index (χ3v) is 5.89. The number of thiocarbonyl (C=S) groups is 1. The minimum Gasteiger partial charge on any atom is -0.504 e. The molecule has 1 heterocycles. The van der Waals surface area contributed by atoms with E-state index in [1.165, 1.54) is 23.8 Å². The first-order chi connectivity index (χ1) is 12.9. The summed E-state index contributed by atoms with van der Waals surface area (Å²) >= 11 is 8.66. The topological polar surface area (TPSA) is 59.0 Å². The predicted octanol–water partition coefficient (Wildman–Crippen LogP) is 4.81. The molecule has 1 fully saturated rings. The number of rotatable bonds is 5. The highest BCUT2D eigenvalue weighted by molar-refractivity contribution is 14.1. The van der Waals surface area contributed by atoms with Crippen molar-refractivity contribution in [1.29, 1.82) is 0 Å². The molecule has 27 heavy (non-hydrogen) atoms. The Kier molecular flexibility index (Phi) is 6.28. The van der Waals surface area contributed by atoms with Crippen molar-refractivity contribution in [2.45, 2.75) is 6.92 Å². The molecule has 0 spiro atoms. The van der Waals surface area contributed by atoms with E-state index in [1.54, 1.807) is 18.2 Å². The van der Waals surface area contributed by atoms with Crippen molar-refractivity contribution in [3.05, 3.63) is 50.4 Å². The van der Waals surface area contributed by atoms with Crippen molar-refractivity contribution < 1.29 is 19.4 Å². The molecule has 1 aliphatic heterocycles. The van der Waals surface area contributed by atoms with Crippen LogP contribution in [-0.4, -0.2) is 29.1 Å². The molecule has 1 aliphatic rings. The van der Waals surface area contributed by atoms with Gasteiger partial charge in [0.2, 0.25) is 0 Å². The minimum absolute atomic E-state index is 0.0807. The van der Waals surface area contributed by atoms with Crippen LogP contribution >= 0.6 is 46.6 Å². The monoisotopic (exact) mass is 513 g/mol. The van der Waals surface area contributed by atoms with Gasteiger partial charge in [0.1, 0.15) is 5.75 Å². The molecule has 0 saturated carbocycles. The van der Waals surface area contributed by atoms with Gasteiger partial charge in [0.05, 0.1) is 27.9 Å². The van der Waals surface area contributed by atoms with Gasteiger partial charge in [-0.15, -0.1) is 0 Å². The molecule has 0 bridgehead atoms. The maximum absolute atomic E-state index is 12.9. The number of methoxy groups -OCH3 is 1. The lowest BCUT2D eigenvalue weighted by atomic mass is 10.2. The number of benzene rings is 2. The number of phenolic OH excluding ortho intramolecular Hbond substituents is 1. The number of thioether (sulfide) groups is 1. The first kappa shape index (κ1) is 20.0. The van der Waals surface area contributed by atoms with Gasteiger partial charge >= 0.3 is 0 Å². The molecule has 0 aliphatic carbocycles. The number of carbonyl (C=O) groups is 1. The van der Waals surface area contributed by atoms with Crippen LogP contribution in [0.4, 0.5) is 5.69 Å². The Labute approximate surface area is 180 Å². The molecule has 0 aromatic heterocycles. The van der Waals surface area contributed by atoms with E-state index in [0.29, 0.717) is 30.8 Å². The molecule has 8 heteroatoms. The number of amides is 1. The molecule has 5 nitrogen and oxygen atoms in total. The van der Waals surface area contributed by atoms with E-state index >= 15 is 0 Å². The van der Waals surface area contributed by atoms with Gasteiger partial charge in [-0.3, -0.25) is 9.69 Å². The van der Waals surface area contributed by atoms with Crippen LogP contribution < -0.4 is 14.4 Å². The minimum atomic E-state index is -0.184. The van der Waals surface area contributed by atoms with Gasteiger partial charge in [0.15, 0.2) is 15.8 Å². The van der Waals surface area contributed by atoms with Crippen molar-refractivity contribution in [3.63, 3.8) is 0 Å². The first-order valence-electron chi connectivity index (χ1n) is 8.02. The fourth-order valence-corrected chi connectivity index (χ4v) is 4.46. The van der Waals surface area contributed by atoms with Crippen LogP contribution in [0.3, 0.4) is 0 Å². The van der Waals surface area contributed by atoms with Gasteiger partial charge in [-0.2, -0.15) is 0 Å². The van der Waals surface area contributed by atoms with Crippen LogP contribution in [0.15, 0.2) is 41.3 Å². The summed E-state index contributed by atoms with van der Waals surface area (Å²) in [5, 5.41) is 9.96. The highest BCUT2D eigenvalue weighted by Gasteiger charge is 2.33. The molecule has 2 aromatic carbocycles. The summed E-state index contributed by atoms with van der Waals surface area (Å²) in [6.07, 6.45) is 1.75. The van der Waals surface area contributed by atoms with E-state index in [0.717, 1.165) is 11.3 Å². The van der Waals surface area contributed by atoms with Crippen molar-refractivity contribution in [1.82, 2.24) is 0 Å². The SMILES string of the molecule is CCOc1ccc(N2C(=O)/C(=C/c3cc(I)c(O)c(OC)c3)SC2=S)cc1. The third-order valence-electron chi connectivity index (χ3n) is 3.77. The Balaban J connectivity index is 1.89. The first-order valence-corrected chi connectivity index (χ1v) is 10.3. The summed E-state index contributed by atoms with van der Waals surface area (Å²) in [5.74, 6) is 0.997. The number of anilines is 1. The average Bonchev–Trinajstić information content (AvgIpc) is 2.92. The molecular weight excluding hydrogens is 497 g/mol. The number of hydrogen-bond donors (Lipinski definition) is 1. The maximum Gasteiger partial charge on any atom is 0.270 e. The van der Waals surface area contributed by atoms with Crippen molar-refractivity contribution in [2.24, 2.45) is 0 Å². The summed E-state index contributed by atoms with van der Waals surface area (Å²) in [6.45, 7) is 2.50. The molecule has 1 amide bonds. The third kappa shape index (κ3) is 4.22. The van der Waals surface area contributed by atoms with E-state index in [2.05, 4.69) is 0 Å². The Hall–Kier alpha value is -1.78. The largest absolute Gasteiger partial charge is 0.504 e. The van der Waals surface area contributed by atoms with Crippen molar-refractivity contribution in [2.75, 3.05) is 18.6 Å². The molecule has 0 radical (unpaired) electrons. The van der Waals surface area contributed by atoms with Crippen molar-refractivity contribution in [3.8, 4) is 17.2 Å². The van der Waals surface area contributed by atoms with E-state index in [1.807, 2.05) is 53.8 Å². The summed E-state index contributed by atoms with van der Waals surface area (Å²) < 4.78 is 11.7. The van der Waals surface area contributed by atoms with E-state index in [4.69, 9.17) is 21.7 Å². The number of nitrogens with zero attached hydrogens (tertiary/aromatic N) is 1. The fraction of sp³-hybridized carbons (Fsp3) is 0.158. The zero-order chi connectivity index (χ0) is 19.6. The second-order valence-corrected chi connectivity index (χ2v) is 8.34. The lowest BCUT2D eigenvalue weighted by Crippen LogP contribution is -2.27. The van der Waals surface area contributed by atoms with Gasteiger partial charge < -0.3 is 14.6 Å². The maximum atomic E-state index is 12.9. The van der Waals surface area contributed by atoms with Crippen LogP contribution in [0.5, 0.6) is 17.2 Å². The lowest BCUT2D eigenvalue weighted by Gasteiger charge is -2.15. The van der Waals surface area contributed by atoms with Crippen LogP contribution in [-0.2, 0) is 4.79 Å². The van der Waals surface area contributed by atoms with Crippen LogP contribution in [0.1, 0.15) is 12.5 Å². The molecule has 0 atom stereocenters. The van der Waals surface area contributed by atoms with E-state index < -0.39 is 0 Å². The number of aromatic hydroxyl groups is 1. The molecule has 0 unspecified atom stereocenters. The second kappa shape index (κ2) is 8.49. The zero-order valence-electron chi connectivity index (χ0n) is 14.6. The molecule has 140 valence electrons. The van der Waals surface area contributed by atoms with Gasteiger partial charge in [-0.1, -0.05) is 24.0 Å². The Bertz CT molecular complexity index is 928. The standard InChI is InChI=1S/C19H16INO4S2/c1-3-25-13-6-4-12(5-7-13)21-18(23)16(27-19(21)26)10-11-8-14(20)17(22)15(9-11)24-2/h4-10,22H,3H2,1-2H3/b16-10-. The second-order valence-electron chi connectivity index (χ2n) is 5.50. The highest BCUT2D eigenvalue weighted by atomic mass is 127. The number of hydrogen-bond acceptors (Lipinski definition) is 6. The number of ether oxygens (including phenoxy) is 2. The normalized spacial score (nSPS) is 15.5. The van der Waals surface area contributed by atoms with E-state index in [9.17, 15) is 9.90 Å². The van der Waals surface area contributed by atoms with Gasteiger partial charge in [-0.25, -0.2) is 0 Å². The Morgan fingerprint density at radius 2 is 2.00 bits per heavy atom. The van der Waals surface area contributed by atoms with Gasteiger partial charge in [-0.05, 0) is 77.6 Å². The average molecular weight is 513 g/mol. The number of carbonyl (C=O) groups excluding carboxylic acids is 1. The van der Waals surface area contributed by atoms with Crippen molar-refractivity contribution >= 4 is 68.6 Å². The van der Waals surface area contributed by atoms with Crippen LogP contribution in [0.2, 0.25) is 0 Å². The number of halogens is 1. The summed E-state index contributed by atoms with van der Waals surface area (Å²) in [5.41, 5.74) is 1.45. The molecular formula is C19H16INO4S2. The van der Waals surface area contributed by atoms with Gasteiger partial charge in [0, 0.05) is 0 Å². The van der Waals surface area contributed by atoms with Gasteiger partial charge in [0.25, 0.3) is 5.91 Å².